The van der Waals surface area contributed by atoms with Crippen LogP contribution >= 0.6 is 0 Å². The molecule has 0 N–H and O–H groups in total. The maximum absolute atomic E-state index is 12.6. The van der Waals surface area contributed by atoms with Gasteiger partial charge in [0.15, 0.2) is 0 Å². The largest absolute Gasteiger partial charge is 0.513 e. The van der Waals surface area contributed by atoms with Gasteiger partial charge in [-0.1, -0.05) is 0 Å². The summed E-state index contributed by atoms with van der Waals surface area (Å²) in [7, 11) is 0. The Labute approximate surface area is 159 Å². The zero-order valence-corrected chi connectivity index (χ0v) is 16.1. The highest BCUT2D eigenvalue weighted by Crippen LogP contribution is 2.16. The van der Waals surface area contributed by atoms with Gasteiger partial charge in [-0.05, 0) is 45.0 Å². The van der Waals surface area contributed by atoms with E-state index in [1.807, 2.05) is 13.8 Å². The van der Waals surface area contributed by atoms with Crippen molar-refractivity contribution in [1.29, 1.82) is 0 Å². The predicted molar refractivity (Wildman–Crippen MR) is 99.9 cm³/mol. The minimum absolute atomic E-state index is 0.0209. The van der Waals surface area contributed by atoms with E-state index in [-0.39, 0.29) is 18.5 Å². The summed E-state index contributed by atoms with van der Waals surface area (Å²) in [5.74, 6) is 0.215. The fraction of sp³-hybridized carbons (Fsp3) is 0.526. The molecule has 148 valence electrons. The van der Waals surface area contributed by atoms with E-state index in [9.17, 15) is 14.4 Å². The zero-order valence-electron chi connectivity index (χ0n) is 16.1. The maximum atomic E-state index is 12.6. The molecule has 3 amide bonds. The van der Waals surface area contributed by atoms with Crippen LogP contribution in [0.3, 0.4) is 0 Å². The van der Waals surface area contributed by atoms with Crippen LogP contribution < -0.4 is 4.74 Å². The molecule has 0 spiro atoms. The number of nitrogens with zero attached hydrogens (tertiary/aromatic N) is 3. The predicted octanol–water partition coefficient (Wildman–Crippen LogP) is 2.44. The Morgan fingerprint density at radius 2 is 1.48 bits per heavy atom. The van der Waals surface area contributed by atoms with Crippen molar-refractivity contribution in [3.05, 3.63) is 29.8 Å². The Hall–Kier alpha value is -2.77. The first kappa shape index (κ1) is 20.5. The van der Waals surface area contributed by atoms with Gasteiger partial charge in [0.05, 0.1) is 6.61 Å². The van der Waals surface area contributed by atoms with Gasteiger partial charge in [0, 0.05) is 44.8 Å². The standard InChI is InChI=1S/C19H27N3O5/c1-4-20(5-2)18(24)22-13-11-21(12-14-22)17(23)15-7-9-16(10-8-15)27-19(25)26-6-3/h7-10H,4-6,11-14H2,1-3H3. The molecule has 1 aliphatic heterocycles. The second kappa shape index (κ2) is 9.80. The molecule has 0 radical (unpaired) electrons. The average Bonchev–Trinajstić information content (AvgIpc) is 2.69. The van der Waals surface area contributed by atoms with Gasteiger partial charge in [0.25, 0.3) is 5.91 Å². The van der Waals surface area contributed by atoms with Gasteiger partial charge in [-0.25, -0.2) is 9.59 Å². The topological polar surface area (TPSA) is 79.4 Å². The first-order valence-electron chi connectivity index (χ1n) is 9.27. The van der Waals surface area contributed by atoms with Crippen molar-refractivity contribution in [3.63, 3.8) is 0 Å². The number of hydrogen-bond donors (Lipinski definition) is 0. The van der Waals surface area contributed by atoms with Crippen molar-refractivity contribution < 1.29 is 23.9 Å². The van der Waals surface area contributed by atoms with Gasteiger partial charge < -0.3 is 24.2 Å². The molecule has 0 bridgehead atoms. The van der Waals surface area contributed by atoms with Crippen molar-refractivity contribution in [1.82, 2.24) is 14.7 Å². The molecule has 2 rings (SSSR count). The highest BCUT2D eigenvalue weighted by Gasteiger charge is 2.26. The van der Waals surface area contributed by atoms with E-state index >= 15 is 0 Å². The molecular weight excluding hydrogens is 350 g/mol. The molecule has 0 atom stereocenters. The van der Waals surface area contributed by atoms with E-state index < -0.39 is 6.16 Å². The summed E-state index contributed by atoms with van der Waals surface area (Å²) in [6.45, 7) is 9.21. The molecule has 0 aromatic heterocycles. The van der Waals surface area contributed by atoms with Gasteiger partial charge in [0.2, 0.25) is 0 Å². The summed E-state index contributed by atoms with van der Waals surface area (Å²) >= 11 is 0. The lowest BCUT2D eigenvalue weighted by Gasteiger charge is -2.37. The van der Waals surface area contributed by atoms with Crippen LogP contribution in [0.15, 0.2) is 24.3 Å². The Morgan fingerprint density at radius 3 is 2.00 bits per heavy atom. The Morgan fingerprint density at radius 1 is 0.926 bits per heavy atom. The van der Waals surface area contributed by atoms with E-state index in [0.717, 1.165) is 0 Å². The van der Waals surface area contributed by atoms with Crippen LogP contribution in [0.1, 0.15) is 31.1 Å². The van der Waals surface area contributed by atoms with Gasteiger partial charge in [0.1, 0.15) is 5.75 Å². The third-order valence-electron chi connectivity index (χ3n) is 4.44. The number of carbonyl (C=O) groups is 3. The van der Waals surface area contributed by atoms with Gasteiger partial charge in [-0.2, -0.15) is 0 Å². The number of urea groups is 1. The van der Waals surface area contributed by atoms with E-state index in [1.54, 1.807) is 45.9 Å². The van der Waals surface area contributed by atoms with Gasteiger partial charge in [-0.15, -0.1) is 0 Å². The lowest BCUT2D eigenvalue weighted by Crippen LogP contribution is -2.54. The molecule has 27 heavy (non-hydrogen) atoms. The maximum Gasteiger partial charge on any atom is 0.513 e. The minimum atomic E-state index is -0.773. The van der Waals surface area contributed by atoms with Crippen LogP contribution in [0.4, 0.5) is 9.59 Å². The molecule has 1 aromatic rings. The highest BCUT2D eigenvalue weighted by atomic mass is 16.7. The van der Waals surface area contributed by atoms with Crippen molar-refractivity contribution >= 4 is 18.1 Å². The number of benzene rings is 1. The Balaban J connectivity index is 1.90. The minimum Gasteiger partial charge on any atom is -0.434 e. The number of rotatable bonds is 5. The van der Waals surface area contributed by atoms with Crippen LogP contribution in [-0.4, -0.2) is 78.7 Å². The lowest BCUT2D eigenvalue weighted by molar-refractivity contribution is 0.0641. The summed E-state index contributed by atoms with van der Waals surface area (Å²) in [5.41, 5.74) is 0.509. The van der Waals surface area contributed by atoms with Crippen LogP contribution in [0.5, 0.6) is 5.75 Å². The summed E-state index contributed by atoms with van der Waals surface area (Å²) in [4.78, 5) is 41.6. The SMILES string of the molecule is CCOC(=O)Oc1ccc(C(=O)N2CCN(C(=O)N(CC)CC)CC2)cc1. The number of carbonyl (C=O) groups excluding carboxylic acids is 3. The smallest absolute Gasteiger partial charge is 0.434 e. The molecule has 8 nitrogen and oxygen atoms in total. The normalized spacial score (nSPS) is 13.9. The summed E-state index contributed by atoms with van der Waals surface area (Å²) < 4.78 is 9.69. The average molecular weight is 377 g/mol. The fourth-order valence-corrected chi connectivity index (χ4v) is 2.89. The van der Waals surface area contributed by atoms with Gasteiger partial charge >= 0.3 is 12.2 Å². The van der Waals surface area contributed by atoms with E-state index in [2.05, 4.69) is 0 Å². The number of ether oxygens (including phenoxy) is 2. The first-order chi connectivity index (χ1) is 13.0. The molecule has 1 aliphatic rings. The lowest BCUT2D eigenvalue weighted by atomic mass is 10.1. The van der Waals surface area contributed by atoms with Crippen LogP contribution in [0, 0.1) is 0 Å². The highest BCUT2D eigenvalue weighted by molar-refractivity contribution is 5.94. The third-order valence-corrected chi connectivity index (χ3v) is 4.44. The van der Waals surface area contributed by atoms with E-state index in [4.69, 9.17) is 9.47 Å². The summed E-state index contributed by atoms with van der Waals surface area (Å²) in [6, 6.07) is 6.37. The molecule has 1 saturated heterocycles. The van der Waals surface area contributed by atoms with E-state index in [0.29, 0.717) is 50.6 Å². The first-order valence-corrected chi connectivity index (χ1v) is 9.27. The van der Waals surface area contributed by atoms with Crippen molar-refractivity contribution in [3.8, 4) is 5.75 Å². The Kier molecular flexibility index (Phi) is 7.45. The third kappa shape index (κ3) is 5.35. The van der Waals surface area contributed by atoms with E-state index in [1.165, 1.54) is 0 Å². The van der Waals surface area contributed by atoms with Gasteiger partial charge in [-0.3, -0.25) is 4.79 Å². The number of amides is 3. The summed E-state index contributed by atoms with van der Waals surface area (Å²) in [5, 5.41) is 0. The molecule has 0 saturated carbocycles. The zero-order chi connectivity index (χ0) is 19.8. The van der Waals surface area contributed by atoms with Crippen LogP contribution in [-0.2, 0) is 4.74 Å². The number of piperazine rings is 1. The summed E-state index contributed by atoms with van der Waals surface area (Å²) in [6.07, 6.45) is -0.773. The molecule has 0 aliphatic carbocycles. The van der Waals surface area contributed by atoms with Crippen LogP contribution in [0.2, 0.25) is 0 Å². The fourth-order valence-electron chi connectivity index (χ4n) is 2.89. The second-order valence-electron chi connectivity index (χ2n) is 6.04. The molecule has 0 unspecified atom stereocenters. The molecular formula is C19H27N3O5. The van der Waals surface area contributed by atoms with Crippen molar-refractivity contribution in [2.24, 2.45) is 0 Å². The monoisotopic (exact) mass is 377 g/mol. The van der Waals surface area contributed by atoms with Crippen molar-refractivity contribution in [2.45, 2.75) is 20.8 Å². The number of hydrogen-bond acceptors (Lipinski definition) is 5. The molecule has 1 heterocycles. The molecule has 1 aromatic carbocycles. The quantitative estimate of drug-likeness (QED) is 0.582. The van der Waals surface area contributed by atoms with Crippen molar-refractivity contribution in [2.75, 3.05) is 45.9 Å². The van der Waals surface area contributed by atoms with Crippen LogP contribution in [0.25, 0.3) is 0 Å². The second-order valence-corrected chi connectivity index (χ2v) is 6.04. The molecule has 8 heteroatoms. The Bertz CT molecular complexity index is 650. The molecule has 1 fully saturated rings.